The monoisotopic (exact) mass is 344 g/mol. The summed E-state index contributed by atoms with van der Waals surface area (Å²) in [4.78, 5) is 9.50. The maximum absolute atomic E-state index is 5.48. The molecular weight excluding hydrogens is 312 g/mol. The second kappa shape index (κ2) is 8.68. The second-order valence-corrected chi connectivity index (χ2v) is 7.28. The average Bonchev–Trinajstić information content (AvgIpc) is 3.13. The Balaban J connectivity index is 1.51. The van der Waals surface area contributed by atoms with Crippen molar-refractivity contribution in [2.75, 3.05) is 53.0 Å². The van der Waals surface area contributed by atoms with Crippen LogP contribution < -0.4 is 5.32 Å². The lowest BCUT2D eigenvalue weighted by atomic mass is 9.99. The zero-order valence-electron chi connectivity index (χ0n) is 15.9. The molecule has 1 aromatic carbocycles. The van der Waals surface area contributed by atoms with Gasteiger partial charge in [0.1, 0.15) is 0 Å². The van der Waals surface area contributed by atoms with Crippen LogP contribution in [-0.2, 0) is 4.74 Å². The summed E-state index contributed by atoms with van der Waals surface area (Å²) in [6, 6.07) is 9.42. The Bertz CT molecular complexity index is 583. The molecule has 2 atom stereocenters. The zero-order chi connectivity index (χ0) is 17.6. The number of aliphatic imine (C=N–C) groups is 1. The molecule has 0 spiro atoms. The summed E-state index contributed by atoms with van der Waals surface area (Å²) in [7, 11) is 1.89. The third-order valence-electron chi connectivity index (χ3n) is 5.41. The standard InChI is InChI=1S/C20H32N4O/c1-16-5-4-6-18(13-16)17(2)14-22-20(21-3)24-8-7-19(15-24)23-9-11-25-12-10-23/h4-6,13,17,19H,7-12,14-15H2,1-3H3,(H,21,22). The van der Waals surface area contributed by atoms with Crippen molar-refractivity contribution in [3.05, 3.63) is 35.4 Å². The van der Waals surface area contributed by atoms with Crippen molar-refractivity contribution in [2.45, 2.75) is 32.2 Å². The molecule has 0 radical (unpaired) electrons. The fourth-order valence-electron chi connectivity index (χ4n) is 3.85. The summed E-state index contributed by atoms with van der Waals surface area (Å²) in [5.41, 5.74) is 2.71. The van der Waals surface area contributed by atoms with Crippen molar-refractivity contribution >= 4 is 5.96 Å². The first-order valence-corrected chi connectivity index (χ1v) is 9.51. The van der Waals surface area contributed by atoms with E-state index in [0.29, 0.717) is 12.0 Å². The maximum Gasteiger partial charge on any atom is 0.193 e. The van der Waals surface area contributed by atoms with Crippen molar-refractivity contribution in [1.82, 2.24) is 15.1 Å². The fraction of sp³-hybridized carbons (Fsp3) is 0.650. The van der Waals surface area contributed by atoms with Gasteiger partial charge in [0, 0.05) is 45.8 Å². The first-order valence-electron chi connectivity index (χ1n) is 9.51. The van der Waals surface area contributed by atoms with Gasteiger partial charge in [0.05, 0.1) is 13.2 Å². The summed E-state index contributed by atoms with van der Waals surface area (Å²) >= 11 is 0. The highest BCUT2D eigenvalue weighted by Crippen LogP contribution is 2.18. The van der Waals surface area contributed by atoms with Gasteiger partial charge in [-0.25, -0.2) is 0 Å². The number of likely N-dealkylation sites (tertiary alicyclic amines) is 1. The van der Waals surface area contributed by atoms with Gasteiger partial charge in [0.15, 0.2) is 5.96 Å². The molecule has 0 amide bonds. The van der Waals surface area contributed by atoms with Crippen molar-refractivity contribution < 1.29 is 4.74 Å². The minimum absolute atomic E-state index is 0.467. The van der Waals surface area contributed by atoms with Crippen LogP contribution in [0.3, 0.4) is 0 Å². The summed E-state index contributed by atoms with van der Waals surface area (Å²) in [5, 5.41) is 3.59. The number of aryl methyl sites for hydroxylation is 1. The predicted molar refractivity (Wildman–Crippen MR) is 103 cm³/mol. The van der Waals surface area contributed by atoms with Gasteiger partial charge < -0.3 is 15.0 Å². The Labute approximate surface area is 152 Å². The molecule has 3 rings (SSSR count). The molecule has 0 aliphatic carbocycles. The summed E-state index contributed by atoms with van der Waals surface area (Å²) in [6.45, 7) is 11.4. The van der Waals surface area contributed by atoms with Crippen LogP contribution in [0.15, 0.2) is 29.3 Å². The maximum atomic E-state index is 5.48. The van der Waals surface area contributed by atoms with E-state index in [2.05, 4.69) is 58.2 Å². The van der Waals surface area contributed by atoms with E-state index < -0.39 is 0 Å². The quantitative estimate of drug-likeness (QED) is 0.671. The average molecular weight is 345 g/mol. The highest BCUT2D eigenvalue weighted by molar-refractivity contribution is 5.80. The third kappa shape index (κ3) is 4.73. The Morgan fingerprint density at radius 2 is 2.12 bits per heavy atom. The lowest BCUT2D eigenvalue weighted by Crippen LogP contribution is -2.47. The number of guanidine groups is 1. The first kappa shape index (κ1) is 18.2. The lowest BCUT2D eigenvalue weighted by Gasteiger charge is -2.32. The van der Waals surface area contributed by atoms with Crippen molar-refractivity contribution in [3.8, 4) is 0 Å². The number of rotatable bonds is 4. The van der Waals surface area contributed by atoms with E-state index in [-0.39, 0.29) is 0 Å². The molecule has 2 aliphatic rings. The van der Waals surface area contributed by atoms with Gasteiger partial charge in [-0.1, -0.05) is 36.8 Å². The number of morpholine rings is 1. The molecule has 0 bridgehead atoms. The molecule has 2 aliphatic heterocycles. The molecule has 0 aromatic heterocycles. The molecule has 5 heteroatoms. The highest BCUT2D eigenvalue weighted by atomic mass is 16.5. The molecule has 2 fully saturated rings. The smallest absolute Gasteiger partial charge is 0.193 e. The highest BCUT2D eigenvalue weighted by Gasteiger charge is 2.30. The van der Waals surface area contributed by atoms with Gasteiger partial charge in [-0.15, -0.1) is 0 Å². The van der Waals surface area contributed by atoms with E-state index in [1.165, 1.54) is 17.5 Å². The minimum Gasteiger partial charge on any atom is -0.379 e. The molecule has 25 heavy (non-hydrogen) atoms. The molecular formula is C20H32N4O. The van der Waals surface area contributed by atoms with Crippen LogP contribution in [0.5, 0.6) is 0 Å². The normalized spacial score (nSPS) is 23.7. The number of hydrogen-bond acceptors (Lipinski definition) is 3. The van der Waals surface area contributed by atoms with Crippen molar-refractivity contribution in [3.63, 3.8) is 0 Å². The van der Waals surface area contributed by atoms with Gasteiger partial charge >= 0.3 is 0 Å². The molecule has 2 unspecified atom stereocenters. The predicted octanol–water partition coefficient (Wildman–Crippen LogP) is 2.08. The van der Waals surface area contributed by atoms with Crippen LogP contribution in [0.25, 0.3) is 0 Å². The Kier molecular flexibility index (Phi) is 6.32. The summed E-state index contributed by atoms with van der Waals surface area (Å²) in [5.74, 6) is 1.50. The van der Waals surface area contributed by atoms with Crippen molar-refractivity contribution in [1.29, 1.82) is 0 Å². The number of nitrogens with one attached hydrogen (secondary N) is 1. The SMILES string of the molecule is CN=C(NCC(C)c1cccc(C)c1)N1CCC(N2CCOCC2)C1. The fourth-order valence-corrected chi connectivity index (χ4v) is 3.85. The van der Waals surface area contributed by atoms with Crippen LogP contribution in [0.1, 0.15) is 30.4 Å². The van der Waals surface area contributed by atoms with Crippen molar-refractivity contribution in [2.24, 2.45) is 4.99 Å². The molecule has 2 saturated heterocycles. The van der Waals surface area contributed by atoms with Crippen LogP contribution in [0.4, 0.5) is 0 Å². The number of nitrogens with zero attached hydrogens (tertiary/aromatic N) is 3. The number of ether oxygens (including phenoxy) is 1. The number of hydrogen-bond donors (Lipinski definition) is 1. The Hall–Kier alpha value is -1.59. The molecule has 1 N–H and O–H groups in total. The van der Waals surface area contributed by atoms with Crippen LogP contribution in [0.2, 0.25) is 0 Å². The van der Waals surface area contributed by atoms with Gasteiger partial charge in [0.2, 0.25) is 0 Å². The van der Waals surface area contributed by atoms with Crippen LogP contribution >= 0.6 is 0 Å². The molecule has 0 saturated carbocycles. The van der Waals surface area contributed by atoms with E-state index in [9.17, 15) is 0 Å². The summed E-state index contributed by atoms with van der Waals surface area (Å²) < 4.78 is 5.48. The third-order valence-corrected chi connectivity index (χ3v) is 5.41. The van der Waals surface area contributed by atoms with E-state index in [1.807, 2.05) is 7.05 Å². The minimum atomic E-state index is 0.467. The lowest BCUT2D eigenvalue weighted by molar-refractivity contribution is 0.0195. The molecule has 138 valence electrons. The van der Waals surface area contributed by atoms with Crippen LogP contribution in [0, 0.1) is 6.92 Å². The molecule has 2 heterocycles. The van der Waals surface area contributed by atoms with Gasteiger partial charge in [-0.05, 0) is 24.8 Å². The molecule has 5 nitrogen and oxygen atoms in total. The van der Waals surface area contributed by atoms with E-state index in [4.69, 9.17) is 4.74 Å². The van der Waals surface area contributed by atoms with E-state index in [1.54, 1.807) is 0 Å². The van der Waals surface area contributed by atoms with Gasteiger partial charge in [0.25, 0.3) is 0 Å². The largest absolute Gasteiger partial charge is 0.379 e. The van der Waals surface area contributed by atoms with Gasteiger partial charge in [-0.2, -0.15) is 0 Å². The van der Waals surface area contributed by atoms with E-state index >= 15 is 0 Å². The first-order chi connectivity index (χ1) is 12.2. The van der Waals surface area contributed by atoms with Crippen LogP contribution in [-0.4, -0.2) is 74.8 Å². The van der Waals surface area contributed by atoms with Gasteiger partial charge in [-0.3, -0.25) is 9.89 Å². The topological polar surface area (TPSA) is 40.1 Å². The Morgan fingerprint density at radius 3 is 2.84 bits per heavy atom. The van der Waals surface area contributed by atoms with E-state index in [0.717, 1.165) is 51.9 Å². The second-order valence-electron chi connectivity index (χ2n) is 7.28. The summed E-state index contributed by atoms with van der Waals surface area (Å²) in [6.07, 6.45) is 1.22. The number of benzene rings is 1. The Morgan fingerprint density at radius 1 is 1.32 bits per heavy atom. The molecule has 1 aromatic rings. The zero-order valence-corrected chi connectivity index (χ0v) is 15.9.